The van der Waals surface area contributed by atoms with Gasteiger partial charge in [-0.05, 0) is 73.9 Å². The van der Waals surface area contributed by atoms with Crippen LogP contribution in [0.15, 0.2) is 77.2 Å². The number of aryl methyl sites for hydroxylation is 1. The van der Waals surface area contributed by atoms with Crippen molar-refractivity contribution in [2.24, 2.45) is 0 Å². The van der Waals surface area contributed by atoms with E-state index < -0.39 is 0 Å². The molecular weight excluding hydrogens is 414 g/mol. The van der Waals surface area contributed by atoms with Gasteiger partial charge in [-0.25, -0.2) is 0 Å². The van der Waals surface area contributed by atoms with Crippen LogP contribution >= 0.6 is 0 Å². The van der Waals surface area contributed by atoms with Crippen LogP contribution in [0.5, 0.6) is 5.75 Å². The Bertz CT molecular complexity index is 1280. The normalized spacial score (nSPS) is 15.6. The third kappa shape index (κ3) is 4.24. The number of rotatable bonds is 5. The van der Waals surface area contributed by atoms with Crippen molar-refractivity contribution in [3.05, 3.63) is 89.5 Å². The van der Waals surface area contributed by atoms with Gasteiger partial charge in [0, 0.05) is 23.2 Å². The molecule has 0 unspecified atom stereocenters. The Kier molecular flexibility index (Phi) is 5.65. The zero-order valence-corrected chi connectivity index (χ0v) is 18.7. The van der Waals surface area contributed by atoms with E-state index >= 15 is 0 Å². The van der Waals surface area contributed by atoms with E-state index in [1.165, 1.54) is 0 Å². The van der Waals surface area contributed by atoms with Gasteiger partial charge < -0.3 is 14.1 Å². The SMILES string of the molecule is COc1cccc([C@H]2CCCN2C(=O)c2ccc(-c3nnc(-c4cccc(C)c4)o3)cc2)c1. The molecule has 0 N–H and O–H groups in total. The lowest BCUT2D eigenvalue weighted by molar-refractivity contribution is 0.0735. The van der Waals surface area contributed by atoms with Crippen LogP contribution in [0.25, 0.3) is 22.9 Å². The second-order valence-electron chi connectivity index (χ2n) is 8.29. The van der Waals surface area contributed by atoms with Crippen molar-refractivity contribution in [3.63, 3.8) is 0 Å². The quantitative estimate of drug-likeness (QED) is 0.399. The molecule has 3 aromatic carbocycles. The van der Waals surface area contributed by atoms with Crippen molar-refractivity contribution in [1.82, 2.24) is 15.1 Å². The zero-order valence-electron chi connectivity index (χ0n) is 18.7. The fourth-order valence-electron chi connectivity index (χ4n) is 4.36. The predicted molar refractivity (Wildman–Crippen MR) is 126 cm³/mol. The number of benzene rings is 3. The van der Waals surface area contributed by atoms with Crippen LogP contribution < -0.4 is 4.74 Å². The van der Waals surface area contributed by atoms with Crippen molar-refractivity contribution >= 4 is 5.91 Å². The first-order valence-electron chi connectivity index (χ1n) is 11.1. The van der Waals surface area contributed by atoms with E-state index in [9.17, 15) is 4.79 Å². The average molecular weight is 440 g/mol. The van der Waals surface area contributed by atoms with E-state index in [1.54, 1.807) is 7.11 Å². The van der Waals surface area contributed by atoms with Gasteiger partial charge in [0.1, 0.15) is 5.75 Å². The number of amides is 1. The van der Waals surface area contributed by atoms with Crippen molar-refractivity contribution in [3.8, 4) is 28.7 Å². The minimum Gasteiger partial charge on any atom is -0.497 e. The van der Waals surface area contributed by atoms with E-state index in [4.69, 9.17) is 9.15 Å². The van der Waals surface area contributed by atoms with Gasteiger partial charge in [-0.15, -0.1) is 10.2 Å². The molecule has 4 aromatic rings. The third-order valence-corrected chi connectivity index (χ3v) is 6.06. The highest BCUT2D eigenvalue weighted by Gasteiger charge is 2.30. The highest BCUT2D eigenvalue weighted by Crippen LogP contribution is 2.35. The molecular formula is C27H25N3O3. The summed E-state index contributed by atoms with van der Waals surface area (Å²) in [6.45, 7) is 2.77. The maximum atomic E-state index is 13.3. The number of methoxy groups -OCH3 is 1. The molecule has 6 nitrogen and oxygen atoms in total. The van der Waals surface area contributed by atoms with E-state index in [0.29, 0.717) is 17.3 Å². The number of carbonyl (C=O) groups is 1. The van der Waals surface area contributed by atoms with Crippen molar-refractivity contribution in [2.45, 2.75) is 25.8 Å². The smallest absolute Gasteiger partial charge is 0.254 e. The Labute approximate surface area is 192 Å². The lowest BCUT2D eigenvalue weighted by Crippen LogP contribution is -2.30. The summed E-state index contributed by atoms with van der Waals surface area (Å²) in [5, 5.41) is 8.37. The Morgan fingerprint density at radius 1 is 0.970 bits per heavy atom. The Morgan fingerprint density at radius 2 is 1.73 bits per heavy atom. The van der Waals surface area contributed by atoms with E-state index in [0.717, 1.165) is 47.4 Å². The molecule has 6 heteroatoms. The summed E-state index contributed by atoms with van der Waals surface area (Å²) in [6, 6.07) is 23.3. The maximum Gasteiger partial charge on any atom is 0.254 e. The molecule has 0 spiro atoms. The van der Waals surface area contributed by atoms with E-state index in [-0.39, 0.29) is 11.9 Å². The van der Waals surface area contributed by atoms with Crippen molar-refractivity contribution in [1.29, 1.82) is 0 Å². The van der Waals surface area contributed by atoms with Crippen LogP contribution in [-0.2, 0) is 0 Å². The second kappa shape index (κ2) is 8.90. The van der Waals surface area contributed by atoms with Crippen molar-refractivity contribution in [2.75, 3.05) is 13.7 Å². The standard InChI is InChI=1S/C27H25N3O3/c1-18-6-3-8-22(16-18)26-29-28-25(33-26)19-11-13-20(14-12-19)27(31)30-15-5-10-24(30)21-7-4-9-23(17-21)32-2/h3-4,6-9,11-14,16-17,24H,5,10,15H2,1-2H3/t24-/m1/s1. The third-order valence-electron chi connectivity index (χ3n) is 6.06. The van der Waals surface area contributed by atoms with Gasteiger partial charge in [0.25, 0.3) is 5.91 Å². The van der Waals surface area contributed by atoms with Gasteiger partial charge in [0.05, 0.1) is 13.2 Å². The zero-order chi connectivity index (χ0) is 22.8. The molecule has 1 aromatic heterocycles. The summed E-state index contributed by atoms with van der Waals surface area (Å²) < 4.78 is 11.2. The molecule has 1 aliphatic heterocycles. The highest BCUT2D eigenvalue weighted by atomic mass is 16.5. The topological polar surface area (TPSA) is 68.5 Å². The molecule has 0 aliphatic carbocycles. The van der Waals surface area contributed by atoms with E-state index in [2.05, 4.69) is 16.3 Å². The molecule has 1 atom stereocenters. The molecule has 2 heterocycles. The molecule has 0 radical (unpaired) electrons. The molecule has 0 saturated carbocycles. The fraction of sp³-hybridized carbons (Fsp3) is 0.222. The molecule has 1 aliphatic rings. The lowest BCUT2D eigenvalue weighted by atomic mass is 10.0. The summed E-state index contributed by atoms with van der Waals surface area (Å²) in [6.07, 6.45) is 1.93. The fourth-order valence-corrected chi connectivity index (χ4v) is 4.36. The number of aromatic nitrogens is 2. The van der Waals surface area contributed by atoms with Crippen LogP contribution in [0.2, 0.25) is 0 Å². The average Bonchev–Trinajstić information content (AvgIpc) is 3.54. The van der Waals surface area contributed by atoms with Gasteiger partial charge in [0.2, 0.25) is 11.8 Å². The largest absolute Gasteiger partial charge is 0.497 e. The van der Waals surface area contributed by atoms with Crippen LogP contribution in [0.4, 0.5) is 0 Å². The summed E-state index contributed by atoms with van der Waals surface area (Å²) in [7, 11) is 1.66. The summed E-state index contributed by atoms with van der Waals surface area (Å²) in [4.78, 5) is 15.2. The lowest BCUT2D eigenvalue weighted by Gasteiger charge is -2.25. The van der Waals surface area contributed by atoms with Gasteiger partial charge in [-0.3, -0.25) is 4.79 Å². The molecule has 5 rings (SSSR count). The van der Waals surface area contributed by atoms with Crippen LogP contribution in [0.1, 0.15) is 40.4 Å². The number of nitrogens with zero attached hydrogens (tertiary/aromatic N) is 3. The summed E-state index contributed by atoms with van der Waals surface area (Å²) >= 11 is 0. The Balaban J connectivity index is 1.34. The number of carbonyl (C=O) groups excluding carboxylic acids is 1. The summed E-state index contributed by atoms with van der Waals surface area (Å²) in [5.74, 6) is 1.74. The minimum absolute atomic E-state index is 0.0258. The number of likely N-dealkylation sites (tertiary alicyclic amines) is 1. The Morgan fingerprint density at radius 3 is 2.48 bits per heavy atom. The second-order valence-corrected chi connectivity index (χ2v) is 8.29. The first-order chi connectivity index (χ1) is 16.1. The maximum absolute atomic E-state index is 13.3. The first kappa shape index (κ1) is 20.9. The highest BCUT2D eigenvalue weighted by molar-refractivity contribution is 5.95. The van der Waals surface area contributed by atoms with Gasteiger partial charge in [-0.2, -0.15) is 0 Å². The predicted octanol–water partition coefficient (Wildman–Crippen LogP) is 5.70. The molecule has 33 heavy (non-hydrogen) atoms. The monoisotopic (exact) mass is 439 g/mol. The minimum atomic E-state index is 0.0258. The van der Waals surface area contributed by atoms with E-state index in [1.807, 2.05) is 78.6 Å². The molecule has 166 valence electrons. The first-order valence-corrected chi connectivity index (χ1v) is 11.1. The number of hydrogen-bond donors (Lipinski definition) is 0. The van der Waals surface area contributed by atoms with Crippen LogP contribution in [0, 0.1) is 6.92 Å². The molecule has 1 saturated heterocycles. The van der Waals surface area contributed by atoms with Gasteiger partial charge in [0.15, 0.2) is 0 Å². The number of hydrogen-bond acceptors (Lipinski definition) is 5. The number of ether oxygens (including phenoxy) is 1. The van der Waals surface area contributed by atoms with Gasteiger partial charge in [-0.1, -0.05) is 29.8 Å². The summed E-state index contributed by atoms with van der Waals surface area (Å²) in [5.41, 5.74) is 4.55. The molecule has 1 amide bonds. The van der Waals surface area contributed by atoms with Crippen LogP contribution in [-0.4, -0.2) is 34.7 Å². The van der Waals surface area contributed by atoms with Crippen LogP contribution in [0.3, 0.4) is 0 Å². The van der Waals surface area contributed by atoms with Crippen molar-refractivity contribution < 1.29 is 13.9 Å². The Hall–Kier alpha value is -3.93. The molecule has 0 bridgehead atoms. The molecule has 1 fully saturated rings. The van der Waals surface area contributed by atoms with Gasteiger partial charge >= 0.3 is 0 Å².